The number of benzene rings is 2. The van der Waals surface area contributed by atoms with Gasteiger partial charge < -0.3 is 19.9 Å². The van der Waals surface area contributed by atoms with Crippen molar-refractivity contribution < 1.29 is 5.11 Å². The van der Waals surface area contributed by atoms with E-state index >= 15 is 0 Å². The van der Waals surface area contributed by atoms with Crippen LogP contribution in [0.5, 0.6) is 5.75 Å². The molecular formula is C27H24Cl2N4OS. The van der Waals surface area contributed by atoms with E-state index < -0.39 is 0 Å². The third-order valence-electron chi connectivity index (χ3n) is 6.56. The molecule has 0 spiro atoms. The van der Waals surface area contributed by atoms with E-state index in [0.717, 1.165) is 38.9 Å². The summed E-state index contributed by atoms with van der Waals surface area (Å²) in [5.41, 5.74) is 6.61. The number of phenolic OH excluding ortho intramolecular Hbond substituents is 1. The zero-order chi connectivity index (χ0) is 24.9. The van der Waals surface area contributed by atoms with Crippen LogP contribution in [0.25, 0.3) is 5.69 Å². The fourth-order valence-corrected chi connectivity index (χ4v) is 5.59. The highest BCUT2D eigenvalue weighted by Gasteiger charge is 2.43. The zero-order valence-corrected chi connectivity index (χ0v) is 21.8. The van der Waals surface area contributed by atoms with Crippen LogP contribution in [-0.4, -0.2) is 19.8 Å². The van der Waals surface area contributed by atoms with Gasteiger partial charge in [-0.05, 0) is 92.6 Å². The lowest BCUT2D eigenvalue weighted by Gasteiger charge is -2.29. The van der Waals surface area contributed by atoms with E-state index in [1.165, 1.54) is 0 Å². The summed E-state index contributed by atoms with van der Waals surface area (Å²) in [5, 5.41) is 16.0. The van der Waals surface area contributed by atoms with Gasteiger partial charge in [-0.15, -0.1) is 0 Å². The number of aromatic nitrogens is 2. The molecule has 178 valence electrons. The second kappa shape index (κ2) is 9.19. The van der Waals surface area contributed by atoms with Gasteiger partial charge in [-0.25, -0.2) is 0 Å². The molecule has 0 radical (unpaired) electrons. The second-order valence-electron chi connectivity index (χ2n) is 8.68. The summed E-state index contributed by atoms with van der Waals surface area (Å²) in [4.78, 5) is 6.56. The molecule has 2 aromatic carbocycles. The molecular weight excluding hydrogens is 499 g/mol. The lowest BCUT2D eigenvalue weighted by Crippen LogP contribution is -2.29. The zero-order valence-electron chi connectivity index (χ0n) is 19.5. The summed E-state index contributed by atoms with van der Waals surface area (Å²) in [6.07, 6.45) is 1.77. The predicted octanol–water partition coefficient (Wildman–Crippen LogP) is 6.99. The monoisotopic (exact) mass is 522 g/mol. The number of rotatable bonds is 4. The molecule has 2 atom stereocenters. The first-order valence-electron chi connectivity index (χ1n) is 11.2. The minimum atomic E-state index is -0.277. The fraction of sp³-hybridized carbons (Fsp3) is 0.185. The molecule has 1 fully saturated rings. The number of pyridine rings is 1. The van der Waals surface area contributed by atoms with Gasteiger partial charge in [0.2, 0.25) is 0 Å². The quantitative estimate of drug-likeness (QED) is 0.283. The van der Waals surface area contributed by atoms with E-state index in [-0.39, 0.29) is 17.8 Å². The molecule has 8 heteroatoms. The highest BCUT2D eigenvalue weighted by molar-refractivity contribution is 7.80. The van der Waals surface area contributed by atoms with Gasteiger partial charge in [-0.1, -0.05) is 35.3 Å². The molecule has 2 aromatic heterocycles. The van der Waals surface area contributed by atoms with Crippen molar-refractivity contribution in [2.75, 3.05) is 4.90 Å². The number of nitrogens with zero attached hydrogens (tertiary/aromatic N) is 3. The summed E-state index contributed by atoms with van der Waals surface area (Å²) in [5.74, 6) is 0.102. The van der Waals surface area contributed by atoms with Crippen molar-refractivity contribution in [1.82, 2.24) is 14.9 Å². The van der Waals surface area contributed by atoms with Crippen molar-refractivity contribution in [2.24, 2.45) is 0 Å². The van der Waals surface area contributed by atoms with Crippen molar-refractivity contribution >= 4 is 46.2 Å². The number of hydrogen-bond acceptors (Lipinski definition) is 3. The van der Waals surface area contributed by atoms with Gasteiger partial charge in [0.1, 0.15) is 5.75 Å². The maximum absolute atomic E-state index is 10.8. The lowest BCUT2D eigenvalue weighted by molar-refractivity contribution is 0.472. The summed E-state index contributed by atoms with van der Waals surface area (Å²) in [6.45, 7) is 6.19. The van der Waals surface area contributed by atoms with Crippen LogP contribution in [0.15, 0.2) is 66.9 Å². The molecule has 4 aromatic rings. The standard InChI is InChI=1S/C27H24Cl2N4OS/c1-15-13-19(17(3)32(15)22-9-6-7-20(29)16(22)2)26-25(21-8-4-5-12-30-21)31-27(35)33(26)23-14-18(28)10-11-24(23)34/h4-14,25-26,34H,1-3H3,(H,31,35)/t25-,26+/m0/s1. The van der Waals surface area contributed by atoms with Gasteiger partial charge in [0.15, 0.2) is 5.11 Å². The number of thiocarbonyl (C=S) groups is 1. The Morgan fingerprint density at radius 1 is 0.971 bits per heavy atom. The molecule has 2 N–H and O–H groups in total. The van der Waals surface area contributed by atoms with E-state index in [1.807, 2.05) is 42.2 Å². The largest absolute Gasteiger partial charge is 0.506 e. The Kier molecular flexibility index (Phi) is 6.21. The third kappa shape index (κ3) is 4.05. The molecule has 3 heterocycles. The van der Waals surface area contributed by atoms with E-state index in [2.05, 4.69) is 40.8 Å². The maximum Gasteiger partial charge on any atom is 0.174 e. The molecule has 35 heavy (non-hydrogen) atoms. The maximum atomic E-state index is 10.8. The normalized spacial score (nSPS) is 17.6. The number of phenols is 1. The smallest absolute Gasteiger partial charge is 0.174 e. The van der Waals surface area contributed by atoms with Crippen molar-refractivity contribution in [1.29, 1.82) is 0 Å². The lowest BCUT2D eigenvalue weighted by atomic mass is 9.96. The minimum absolute atomic E-state index is 0.102. The van der Waals surface area contributed by atoms with Crippen molar-refractivity contribution in [3.8, 4) is 11.4 Å². The molecule has 0 unspecified atom stereocenters. The topological polar surface area (TPSA) is 53.3 Å². The SMILES string of the molecule is Cc1c(Cl)cccc1-n1c(C)cc([C@@H]2[C@H](c3ccccn3)NC(=S)N2c2cc(Cl)ccc2O)c1C. The van der Waals surface area contributed by atoms with Crippen molar-refractivity contribution in [3.05, 3.63) is 105 Å². The number of aryl methyl sites for hydroxylation is 1. The molecule has 0 saturated carbocycles. The average Bonchev–Trinajstić information content (AvgIpc) is 3.33. The summed E-state index contributed by atoms with van der Waals surface area (Å²) < 4.78 is 2.21. The van der Waals surface area contributed by atoms with Crippen LogP contribution in [0.2, 0.25) is 10.0 Å². The van der Waals surface area contributed by atoms with Crippen LogP contribution in [-0.2, 0) is 0 Å². The van der Waals surface area contributed by atoms with Gasteiger partial charge in [0.25, 0.3) is 0 Å². The van der Waals surface area contributed by atoms with Crippen molar-refractivity contribution in [3.63, 3.8) is 0 Å². The van der Waals surface area contributed by atoms with Crippen LogP contribution in [0.3, 0.4) is 0 Å². The summed E-state index contributed by atoms with van der Waals surface area (Å²) in [7, 11) is 0. The highest BCUT2D eigenvalue weighted by Crippen LogP contribution is 2.46. The van der Waals surface area contributed by atoms with Crippen LogP contribution >= 0.6 is 35.4 Å². The van der Waals surface area contributed by atoms with Crippen molar-refractivity contribution in [2.45, 2.75) is 32.9 Å². The van der Waals surface area contributed by atoms with Gasteiger partial charge in [0.05, 0.1) is 23.5 Å². The van der Waals surface area contributed by atoms with E-state index in [0.29, 0.717) is 15.8 Å². The Bertz CT molecular complexity index is 1440. The second-order valence-corrected chi connectivity index (χ2v) is 9.91. The number of hydrogen-bond donors (Lipinski definition) is 2. The van der Waals surface area contributed by atoms with Crippen LogP contribution in [0, 0.1) is 20.8 Å². The molecule has 0 bridgehead atoms. The molecule has 5 nitrogen and oxygen atoms in total. The summed E-state index contributed by atoms with van der Waals surface area (Å²) in [6, 6.07) is 18.4. The van der Waals surface area contributed by atoms with E-state index in [4.69, 9.17) is 35.4 Å². The van der Waals surface area contributed by atoms with E-state index in [1.54, 1.807) is 24.4 Å². The third-order valence-corrected chi connectivity index (χ3v) is 7.52. The van der Waals surface area contributed by atoms with Gasteiger partial charge in [-0.3, -0.25) is 4.98 Å². The first kappa shape index (κ1) is 23.7. The molecule has 0 aliphatic carbocycles. The van der Waals surface area contributed by atoms with Gasteiger partial charge in [0, 0.05) is 33.3 Å². The van der Waals surface area contributed by atoms with Crippen LogP contribution in [0.4, 0.5) is 5.69 Å². The number of nitrogens with one attached hydrogen (secondary N) is 1. The molecule has 1 aliphatic rings. The molecule has 0 amide bonds. The summed E-state index contributed by atoms with van der Waals surface area (Å²) >= 11 is 18.6. The van der Waals surface area contributed by atoms with Gasteiger partial charge >= 0.3 is 0 Å². The molecule has 1 saturated heterocycles. The fourth-order valence-electron chi connectivity index (χ4n) is 4.92. The Balaban J connectivity index is 1.73. The first-order valence-corrected chi connectivity index (χ1v) is 12.4. The number of aromatic hydroxyl groups is 1. The van der Waals surface area contributed by atoms with E-state index in [9.17, 15) is 5.11 Å². The molecule has 1 aliphatic heterocycles. The molecule has 5 rings (SSSR count). The Morgan fingerprint density at radius 2 is 1.77 bits per heavy atom. The Morgan fingerprint density at radius 3 is 2.51 bits per heavy atom. The first-order chi connectivity index (χ1) is 16.8. The number of halogens is 2. The number of anilines is 1. The van der Waals surface area contributed by atoms with Gasteiger partial charge in [-0.2, -0.15) is 0 Å². The Hall–Kier alpha value is -3.06. The average molecular weight is 523 g/mol. The Labute approximate surface area is 219 Å². The minimum Gasteiger partial charge on any atom is -0.506 e. The highest BCUT2D eigenvalue weighted by atomic mass is 35.5. The van der Waals surface area contributed by atoms with Crippen LogP contribution < -0.4 is 10.2 Å². The van der Waals surface area contributed by atoms with Crippen LogP contribution in [0.1, 0.15) is 40.3 Å². The predicted molar refractivity (Wildman–Crippen MR) is 146 cm³/mol.